The van der Waals surface area contributed by atoms with Crippen LogP contribution in [0, 0.1) is 0 Å². The van der Waals surface area contributed by atoms with E-state index >= 15 is 0 Å². The van der Waals surface area contributed by atoms with Gasteiger partial charge in [0.1, 0.15) is 0 Å². The Labute approximate surface area is 93.0 Å². The van der Waals surface area contributed by atoms with Gasteiger partial charge < -0.3 is 10.2 Å². The van der Waals surface area contributed by atoms with Crippen LogP contribution in [0.25, 0.3) is 0 Å². The third-order valence-electron chi connectivity index (χ3n) is 2.95. The van der Waals surface area contributed by atoms with Gasteiger partial charge in [-0.25, -0.2) is 8.42 Å². The maximum absolute atomic E-state index is 11.3. The van der Waals surface area contributed by atoms with Gasteiger partial charge in [0.05, 0.1) is 11.5 Å². The summed E-state index contributed by atoms with van der Waals surface area (Å²) in [5, 5.41) is 3.27. The van der Waals surface area contributed by atoms with Crippen LogP contribution in [-0.4, -0.2) is 57.5 Å². The summed E-state index contributed by atoms with van der Waals surface area (Å²) in [6, 6.07) is 0.247. The highest BCUT2D eigenvalue weighted by Crippen LogP contribution is 2.16. The first kappa shape index (κ1) is 12.9. The predicted octanol–water partition coefficient (Wildman–Crippen LogP) is 0.105. The van der Waals surface area contributed by atoms with E-state index in [-0.39, 0.29) is 6.04 Å². The molecular formula is C10H22N2O2S. The standard InChI is InChI=1S/C10H22N2O2S/c1-3-11-6-4-7-12(2)10-5-8-15(13,14)9-10/h10-11H,3-9H2,1-2H3. The molecule has 0 aromatic heterocycles. The van der Waals surface area contributed by atoms with Crippen molar-refractivity contribution in [1.82, 2.24) is 10.2 Å². The summed E-state index contributed by atoms with van der Waals surface area (Å²) in [6.07, 6.45) is 1.89. The summed E-state index contributed by atoms with van der Waals surface area (Å²) < 4.78 is 22.6. The van der Waals surface area contributed by atoms with Crippen LogP contribution in [0.5, 0.6) is 0 Å². The number of hydrogen-bond acceptors (Lipinski definition) is 4. The summed E-state index contributed by atoms with van der Waals surface area (Å²) in [5.41, 5.74) is 0. The Hall–Kier alpha value is -0.130. The van der Waals surface area contributed by atoms with Gasteiger partial charge in [-0.1, -0.05) is 6.92 Å². The topological polar surface area (TPSA) is 49.4 Å². The van der Waals surface area contributed by atoms with Gasteiger partial charge in [-0.3, -0.25) is 0 Å². The van der Waals surface area contributed by atoms with Gasteiger partial charge in [-0.15, -0.1) is 0 Å². The fraction of sp³-hybridized carbons (Fsp3) is 1.00. The van der Waals surface area contributed by atoms with Gasteiger partial charge in [0.15, 0.2) is 9.84 Å². The van der Waals surface area contributed by atoms with Gasteiger partial charge in [0.25, 0.3) is 0 Å². The molecule has 1 aliphatic heterocycles. The van der Waals surface area contributed by atoms with Crippen LogP contribution >= 0.6 is 0 Å². The van der Waals surface area contributed by atoms with Crippen molar-refractivity contribution in [2.24, 2.45) is 0 Å². The van der Waals surface area contributed by atoms with Crippen LogP contribution in [0.3, 0.4) is 0 Å². The maximum atomic E-state index is 11.3. The van der Waals surface area contributed by atoms with Gasteiger partial charge in [0, 0.05) is 6.04 Å². The largest absolute Gasteiger partial charge is 0.317 e. The Morgan fingerprint density at radius 1 is 1.47 bits per heavy atom. The summed E-state index contributed by atoms with van der Waals surface area (Å²) in [6.45, 7) is 5.09. The minimum atomic E-state index is -2.73. The van der Waals surface area contributed by atoms with Crippen LogP contribution in [0.15, 0.2) is 0 Å². The number of nitrogens with one attached hydrogen (secondary N) is 1. The van der Waals surface area contributed by atoms with Crippen molar-refractivity contribution < 1.29 is 8.42 Å². The molecular weight excluding hydrogens is 212 g/mol. The molecule has 1 saturated heterocycles. The molecule has 15 heavy (non-hydrogen) atoms. The zero-order valence-electron chi connectivity index (χ0n) is 9.70. The molecule has 1 N–H and O–H groups in total. The van der Waals surface area contributed by atoms with Crippen LogP contribution in [-0.2, 0) is 9.84 Å². The van der Waals surface area contributed by atoms with Crippen molar-refractivity contribution in [2.45, 2.75) is 25.8 Å². The van der Waals surface area contributed by atoms with E-state index in [1.165, 1.54) is 0 Å². The van der Waals surface area contributed by atoms with E-state index in [9.17, 15) is 8.42 Å². The van der Waals surface area contributed by atoms with E-state index in [0.29, 0.717) is 11.5 Å². The van der Waals surface area contributed by atoms with Crippen LogP contribution < -0.4 is 5.32 Å². The monoisotopic (exact) mass is 234 g/mol. The number of nitrogens with zero attached hydrogens (tertiary/aromatic N) is 1. The summed E-state index contributed by atoms with van der Waals surface area (Å²) in [5.74, 6) is 0.722. The Kier molecular flexibility index (Phi) is 5.02. The zero-order chi connectivity index (χ0) is 11.3. The molecule has 1 aliphatic rings. The second-order valence-electron chi connectivity index (χ2n) is 4.24. The highest BCUT2D eigenvalue weighted by atomic mass is 32.2. The molecule has 0 aromatic rings. The first-order valence-corrected chi connectivity index (χ1v) is 7.48. The van der Waals surface area contributed by atoms with Crippen molar-refractivity contribution in [2.75, 3.05) is 38.2 Å². The molecule has 0 amide bonds. The highest BCUT2D eigenvalue weighted by Gasteiger charge is 2.30. The van der Waals surface area contributed by atoms with E-state index in [1.807, 2.05) is 7.05 Å². The lowest BCUT2D eigenvalue weighted by Gasteiger charge is -2.22. The fourth-order valence-electron chi connectivity index (χ4n) is 1.94. The molecule has 90 valence electrons. The molecule has 1 fully saturated rings. The van der Waals surface area contributed by atoms with Crippen LogP contribution in [0.1, 0.15) is 19.8 Å². The quantitative estimate of drug-likeness (QED) is 0.663. The average molecular weight is 234 g/mol. The molecule has 0 aromatic carbocycles. The molecule has 1 heterocycles. The Morgan fingerprint density at radius 2 is 2.20 bits per heavy atom. The molecule has 1 unspecified atom stereocenters. The first-order valence-electron chi connectivity index (χ1n) is 5.66. The molecule has 1 atom stereocenters. The van der Waals surface area contributed by atoms with Crippen LogP contribution in [0.4, 0.5) is 0 Å². The summed E-state index contributed by atoms with van der Waals surface area (Å²) in [7, 11) is -0.708. The van der Waals surface area contributed by atoms with E-state index in [2.05, 4.69) is 17.1 Å². The summed E-state index contributed by atoms with van der Waals surface area (Å²) >= 11 is 0. The van der Waals surface area contributed by atoms with E-state index in [4.69, 9.17) is 0 Å². The van der Waals surface area contributed by atoms with Crippen molar-refractivity contribution >= 4 is 9.84 Å². The van der Waals surface area contributed by atoms with Gasteiger partial charge in [0.2, 0.25) is 0 Å². The molecule has 5 heteroatoms. The number of sulfone groups is 1. The third-order valence-corrected chi connectivity index (χ3v) is 4.70. The predicted molar refractivity (Wildman–Crippen MR) is 62.8 cm³/mol. The molecule has 0 radical (unpaired) electrons. The van der Waals surface area contributed by atoms with Gasteiger partial charge in [-0.05, 0) is 39.5 Å². The zero-order valence-corrected chi connectivity index (χ0v) is 10.5. The molecule has 4 nitrogen and oxygen atoms in total. The minimum absolute atomic E-state index is 0.247. The number of rotatable bonds is 6. The van der Waals surface area contributed by atoms with Crippen LogP contribution in [0.2, 0.25) is 0 Å². The first-order chi connectivity index (χ1) is 7.05. The van der Waals surface area contributed by atoms with Crippen molar-refractivity contribution in [3.8, 4) is 0 Å². The molecule has 0 spiro atoms. The molecule has 0 bridgehead atoms. The van der Waals surface area contributed by atoms with Gasteiger partial charge >= 0.3 is 0 Å². The SMILES string of the molecule is CCNCCCN(C)C1CCS(=O)(=O)C1. The maximum Gasteiger partial charge on any atom is 0.151 e. The summed E-state index contributed by atoms with van der Waals surface area (Å²) in [4.78, 5) is 2.18. The minimum Gasteiger partial charge on any atom is -0.317 e. The van der Waals surface area contributed by atoms with Crippen molar-refractivity contribution in [3.05, 3.63) is 0 Å². The molecule has 0 saturated carbocycles. The Balaban J connectivity index is 2.21. The van der Waals surface area contributed by atoms with E-state index < -0.39 is 9.84 Å². The van der Waals surface area contributed by atoms with Gasteiger partial charge in [-0.2, -0.15) is 0 Å². The van der Waals surface area contributed by atoms with E-state index in [1.54, 1.807) is 0 Å². The lowest BCUT2D eigenvalue weighted by Crippen LogP contribution is -2.34. The Bertz CT molecular complexity index is 277. The average Bonchev–Trinajstić information content (AvgIpc) is 2.53. The Morgan fingerprint density at radius 3 is 2.73 bits per heavy atom. The lowest BCUT2D eigenvalue weighted by atomic mass is 10.2. The second kappa shape index (κ2) is 5.82. The third kappa shape index (κ3) is 4.49. The normalized spacial score (nSPS) is 24.9. The fourth-order valence-corrected chi connectivity index (χ4v) is 3.74. The van der Waals surface area contributed by atoms with Crippen molar-refractivity contribution in [3.63, 3.8) is 0 Å². The molecule has 0 aliphatic carbocycles. The second-order valence-corrected chi connectivity index (χ2v) is 6.47. The highest BCUT2D eigenvalue weighted by molar-refractivity contribution is 7.91. The van der Waals surface area contributed by atoms with Crippen molar-refractivity contribution in [1.29, 1.82) is 0 Å². The smallest absolute Gasteiger partial charge is 0.151 e. The number of hydrogen-bond donors (Lipinski definition) is 1. The lowest BCUT2D eigenvalue weighted by molar-refractivity contribution is 0.258. The molecule has 1 rings (SSSR count). The van der Waals surface area contributed by atoms with E-state index in [0.717, 1.165) is 32.5 Å².